The molecule has 0 saturated carbocycles. The van der Waals surface area contributed by atoms with Crippen LogP contribution in [0.1, 0.15) is 48.4 Å². The maximum atomic E-state index is 14.0. The smallest absolute Gasteiger partial charge is 0.150 e. The number of nitrogen functional groups attached to an aromatic ring is 2. The molecule has 2 atom stereocenters. The van der Waals surface area contributed by atoms with Crippen molar-refractivity contribution in [2.24, 2.45) is 0 Å². The van der Waals surface area contributed by atoms with Crippen LogP contribution in [0.4, 0.5) is 32.1 Å². The quantitative estimate of drug-likeness (QED) is 0.129. The van der Waals surface area contributed by atoms with E-state index in [1.807, 2.05) is 50.3 Å². The van der Waals surface area contributed by atoms with Crippen LogP contribution >= 0.6 is 0 Å². The van der Waals surface area contributed by atoms with Crippen molar-refractivity contribution in [3.8, 4) is 34.7 Å². The van der Waals surface area contributed by atoms with Gasteiger partial charge in [-0.1, -0.05) is 12.1 Å². The van der Waals surface area contributed by atoms with Crippen molar-refractivity contribution >= 4 is 45.1 Å². The summed E-state index contributed by atoms with van der Waals surface area (Å²) in [4.78, 5) is 24.7. The van der Waals surface area contributed by atoms with E-state index >= 15 is 0 Å². The first kappa shape index (κ1) is 37.9. The van der Waals surface area contributed by atoms with Gasteiger partial charge in [-0.3, -0.25) is 9.97 Å². The van der Waals surface area contributed by atoms with Gasteiger partial charge in [-0.2, -0.15) is 30.9 Å². The highest BCUT2D eigenvalue weighted by Gasteiger charge is 2.23. The average Bonchev–Trinajstić information content (AvgIpc) is 3.23. The van der Waals surface area contributed by atoms with Crippen molar-refractivity contribution in [2.45, 2.75) is 25.9 Å². The minimum absolute atomic E-state index is 0.0776. The van der Waals surface area contributed by atoms with E-state index in [9.17, 15) is 19.3 Å². The molecule has 6 N–H and O–H groups in total. The zero-order chi connectivity index (χ0) is 40.8. The molecule has 0 radical (unpaired) electrons. The summed E-state index contributed by atoms with van der Waals surface area (Å²) in [6, 6.07) is 22.7. The number of nitrogens with zero attached hydrogens (tertiary/aromatic N) is 12. The number of pyridine rings is 2. The highest BCUT2D eigenvalue weighted by atomic mass is 19.1. The third kappa shape index (κ3) is 7.74. The number of nitriles is 2. The summed E-state index contributed by atoms with van der Waals surface area (Å²) >= 11 is 0. The fraction of sp³-hybridized carbons (Fsp3) is 0.100. The van der Waals surface area contributed by atoms with Gasteiger partial charge in [0.1, 0.15) is 70.8 Å². The number of nitrogens with two attached hydrogens (primary N) is 2. The Morgan fingerprint density at radius 1 is 0.569 bits per heavy atom. The summed E-state index contributed by atoms with van der Waals surface area (Å²) in [6.45, 7) is 3.67. The molecule has 0 saturated heterocycles. The second-order valence-electron chi connectivity index (χ2n) is 12.6. The van der Waals surface area contributed by atoms with Gasteiger partial charge in [0.15, 0.2) is 0 Å². The summed E-state index contributed by atoms with van der Waals surface area (Å²) in [6.07, 6.45) is 5.85. The summed E-state index contributed by atoms with van der Waals surface area (Å²) in [7, 11) is 0. The molecule has 0 aliphatic rings. The normalized spacial score (nSPS) is 11.8. The number of hydrogen-bond donors (Lipinski definition) is 4. The third-order valence-corrected chi connectivity index (χ3v) is 8.84. The lowest BCUT2D eigenvalue weighted by atomic mass is 9.99. The van der Waals surface area contributed by atoms with Gasteiger partial charge in [-0.05, 0) is 74.5 Å². The molecule has 0 aliphatic heterocycles. The van der Waals surface area contributed by atoms with E-state index in [4.69, 9.17) is 11.5 Å². The Hall–Kier alpha value is -8.38. The van der Waals surface area contributed by atoms with Gasteiger partial charge in [-0.25, -0.2) is 28.7 Å². The molecular formula is C40H30F2N16. The number of aromatic nitrogens is 10. The molecular weight excluding hydrogens is 743 g/mol. The van der Waals surface area contributed by atoms with Gasteiger partial charge in [0.05, 0.1) is 45.9 Å². The summed E-state index contributed by atoms with van der Waals surface area (Å²) in [5.74, 6) is -0.0574. The SMILES string of the molecule is C[C@@H](Nc1ncnc(N)c1C#N)c1nnc2ccc(F)cc2c1-c1ccccn1.C[C@H](Nc1ncnc(N)c1C#N)c1nnc2ccc(F)cc2c1-c1ccccn1. The molecule has 18 heteroatoms. The van der Waals surface area contributed by atoms with Crippen molar-refractivity contribution in [3.05, 3.63) is 132 Å². The highest BCUT2D eigenvalue weighted by Crippen LogP contribution is 2.35. The summed E-state index contributed by atoms with van der Waals surface area (Å²) in [5.41, 5.74) is 16.5. The minimum Gasteiger partial charge on any atom is -0.382 e. The Bertz CT molecular complexity index is 2670. The van der Waals surface area contributed by atoms with Gasteiger partial charge in [0.25, 0.3) is 0 Å². The molecule has 0 bridgehead atoms. The molecule has 0 fully saturated rings. The number of hydrogen-bond acceptors (Lipinski definition) is 16. The van der Waals surface area contributed by atoms with E-state index in [0.717, 1.165) is 0 Å². The first-order chi connectivity index (χ1) is 28.2. The van der Waals surface area contributed by atoms with Crippen LogP contribution in [0, 0.1) is 34.3 Å². The van der Waals surface area contributed by atoms with Crippen LogP contribution in [0.3, 0.4) is 0 Å². The van der Waals surface area contributed by atoms with E-state index in [1.165, 1.54) is 36.9 Å². The van der Waals surface area contributed by atoms with Gasteiger partial charge >= 0.3 is 0 Å². The molecule has 6 aromatic heterocycles. The Kier molecular flexibility index (Phi) is 10.8. The standard InChI is InChI=1S/2C20H15FN8/c2*1-11(27-20-14(9-22)19(23)25-10-26-20)18-17(16-4-2-3-7-24-16)13-8-12(21)5-6-15(13)28-29-18/h2*2-8,10-11H,1H3,(H3,23,25,26,27)/t2*11-/m10/s1. The fourth-order valence-corrected chi connectivity index (χ4v) is 6.13. The lowest BCUT2D eigenvalue weighted by Crippen LogP contribution is -2.14. The summed E-state index contributed by atoms with van der Waals surface area (Å²) < 4.78 is 28.0. The van der Waals surface area contributed by atoms with E-state index in [0.29, 0.717) is 55.7 Å². The molecule has 8 rings (SSSR count). The average molecular weight is 773 g/mol. The van der Waals surface area contributed by atoms with Crippen LogP contribution in [0.2, 0.25) is 0 Å². The molecule has 16 nitrogen and oxygen atoms in total. The van der Waals surface area contributed by atoms with Crippen LogP contribution in [0.5, 0.6) is 0 Å². The lowest BCUT2D eigenvalue weighted by molar-refractivity contribution is 0.629. The Labute approximate surface area is 328 Å². The molecule has 0 unspecified atom stereocenters. The van der Waals surface area contributed by atoms with Crippen molar-refractivity contribution < 1.29 is 8.78 Å². The second-order valence-corrected chi connectivity index (χ2v) is 12.6. The zero-order valence-corrected chi connectivity index (χ0v) is 30.7. The highest BCUT2D eigenvalue weighted by molar-refractivity contribution is 5.95. The number of anilines is 4. The zero-order valence-electron chi connectivity index (χ0n) is 30.7. The topological polar surface area (TPSA) is 253 Å². The fourth-order valence-electron chi connectivity index (χ4n) is 6.13. The first-order valence-electron chi connectivity index (χ1n) is 17.5. The third-order valence-electron chi connectivity index (χ3n) is 8.84. The number of fused-ring (bicyclic) bond motifs is 2. The van der Waals surface area contributed by atoms with Gasteiger partial charge in [0.2, 0.25) is 0 Å². The number of nitrogens with one attached hydrogen (secondary N) is 2. The maximum absolute atomic E-state index is 14.0. The molecule has 0 amide bonds. The lowest BCUT2D eigenvalue weighted by Gasteiger charge is -2.19. The van der Waals surface area contributed by atoms with Crippen LogP contribution < -0.4 is 22.1 Å². The Balaban J connectivity index is 0.000000177. The number of halogens is 2. The van der Waals surface area contributed by atoms with E-state index in [2.05, 4.69) is 60.9 Å². The molecule has 0 spiro atoms. The van der Waals surface area contributed by atoms with Crippen molar-refractivity contribution in [2.75, 3.05) is 22.1 Å². The van der Waals surface area contributed by atoms with E-state index < -0.39 is 12.1 Å². The summed E-state index contributed by atoms with van der Waals surface area (Å²) in [5, 5.41) is 43.3. The van der Waals surface area contributed by atoms with Crippen molar-refractivity contribution in [3.63, 3.8) is 0 Å². The van der Waals surface area contributed by atoms with E-state index in [-0.39, 0.29) is 46.0 Å². The molecule has 58 heavy (non-hydrogen) atoms. The van der Waals surface area contributed by atoms with Crippen LogP contribution in [-0.4, -0.2) is 50.3 Å². The van der Waals surface area contributed by atoms with Crippen molar-refractivity contribution in [1.29, 1.82) is 10.5 Å². The number of rotatable bonds is 8. The monoisotopic (exact) mass is 772 g/mol. The first-order valence-corrected chi connectivity index (χ1v) is 17.5. The van der Waals surface area contributed by atoms with Gasteiger partial charge in [-0.15, -0.1) is 0 Å². The predicted molar refractivity (Wildman–Crippen MR) is 212 cm³/mol. The van der Waals surface area contributed by atoms with Crippen LogP contribution in [0.25, 0.3) is 44.3 Å². The molecule has 284 valence electrons. The minimum atomic E-state index is -0.437. The second kappa shape index (κ2) is 16.6. The van der Waals surface area contributed by atoms with Crippen molar-refractivity contribution in [1.82, 2.24) is 50.3 Å². The number of benzene rings is 2. The molecule has 8 aromatic rings. The van der Waals surface area contributed by atoms with Crippen LogP contribution in [-0.2, 0) is 0 Å². The van der Waals surface area contributed by atoms with Gasteiger partial charge < -0.3 is 22.1 Å². The largest absolute Gasteiger partial charge is 0.382 e. The van der Waals surface area contributed by atoms with Gasteiger partial charge in [0, 0.05) is 34.3 Å². The Morgan fingerprint density at radius 2 is 1.00 bits per heavy atom. The molecule has 6 heterocycles. The molecule has 2 aromatic carbocycles. The Morgan fingerprint density at radius 3 is 1.38 bits per heavy atom. The van der Waals surface area contributed by atoms with E-state index in [1.54, 1.807) is 36.7 Å². The van der Waals surface area contributed by atoms with Crippen LogP contribution in [0.15, 0.2) is 97.8 Å². The predicted octanol–water partition coefficient (Wildman–Crippen LogP) is 6.50. The molecule has 0 aliphatic carbocycles. The maximum Gasteiger partial charge on any atom is 0.150 e.